The predicted octanol–water partition coefficient (Wildman–Crippen LogP) is 5.83. The van der Waals surface area contributed by atoms with Crippen LogP contribution in [0.4, 0.5) is 0 Å². The molecule has 0 amide bonds. The minimum Gasteiger partial charge on any atom is -0.478 e. The molecule has 0 atom stereocenters. The Morgan fingerprint density at radius 1 is 0.815 bits per heavy atom. The number of aromatic carboxylic acids is 1. The Morgan fingerprint density at radius 3 is 1.81 bits per heavy atom. The van der Waals surface area contributed by atoms with E-state index in [2.05, 4.69) is 13.8 Å². The second kappa shape index (κ2) is 13.6. The number of carboxylic acid groups (broad SMARTS) is 1. The number of unbranched alkanes of at least 4 members (excludes halogenated alkanes) is 3. The van der Waals surface area contributed by atoms with Gasteiger partial charge in [0.05, 0.1) is 17.7 Å². The van der Waals surface area contributed by atoms with Gasteiger partial charge in [0.15, 0.2) is 0 Å². The van der Waals surface area contributed by atoms with Gasteiger partial charge in [-0.1, -0.05) is 75.9 Å². The topological polar surface area (TPSA) is 63.6 Å². The van der Waals surface area contributed by atoms with Crippen molar-refractivity contribution in [3.8, 4) is 0 Å². The van der Waals surface area contributed by atoms with Gasteiger partial charge in [0, 0.05) is 0 Å². The van der Waals surface area contributed by atoms with Crippen molar-refractivity contribution >= 4 is 11.9 Å². The number of benzene rings is 2. The van der Waals surface area contributed by atoms with Crippen LogP contribution in [0.2, 0.25) is 0 Å². The lowest BCUT2D eigenvalue weighted by Crippen LogP contribution is -2.06. The quantitative estimate of drug-likeness (QED) is 0.445. The van der Waals surface area contributed by atoms with Crippen molar-refractivity contribution in [3.05, 3.63) is 71.8 Å². The Bertz CT molecular complexity index is 651. The van der Waals surface area contributed by atoms with E-state index in [9.17, 15) is 9.59 Å². The smallest absolute Gasteiger partial charge is 0.338 e. The highest BCUT2D eigenvalue weighted by Gasteiger charge is 2.04. The summed E-state index contributed by atoms with van der Waals surface area (Å²) in [4.78, 5) is 21.8. The Hall–Kier alpha value is -2.62. The van der Waals surface area contributed by atoms with Crippen LogP contribution in [0.3, 0.4) is 0 Å². The lowest BCUT2D eigenvalue weighted by Gasteiger charge is -2.06. The third-order valence-electron chi connectivity index (χ3n) is 3.94. The summed E-state index contributed by atoms with van der Waals surface area (Å²) in [6.45, 7) is 5.04. The van der Waals surface area contributed by atoms with E-state index in [4.69, 9.17) is 9.84 Å². The molecule has 2 aromatic carbocycles. The van der Waals surface area contributed by atoms with E-state index in [0.29, 0.717) is 17.7 Å². The Morgan fingerprint density at radius 2 is 1.33 bits per heavy atom. The molecular weight excluding hydrogens is 340 g/mol. The molecule has 4 nitrogen and oxygen atoms in total. The van der Waals surface area contributed by atoms with Crippen LogP contribution in [-0.4, -0.2) is 23.7 Å². The highest BCUT2D eigenvalue weighted by atomic mass is 16.5. The molecular formula is C23H30O4. The van der Waals surface area contributed by atoms with Gasteiger partial charge in [-0.3, -0.25) is 0 Å². The molecule has 0 saturated carbocycles. The third kappa shape index (κ3) is 10.9. The first-order valence-electron chi connectivity index (χ1n) is 9.51. The monoisotopic (exact) mass is 370 g/mol. The highest BCUT2D eigenvalue weighted by molar-refractivity contribution is 5.89. The third-order valence-corrected chi connectivity index (χ3v) is 3.94. The normalized spacial score (nSPS) is 10.0. The lowest BCUT2D eigenvalue weighted by molar-refractivity contribution is 0.0497. The molecule has 0 fully saturated rings. The molecule has 2 rings (SSSR count). The van der Waals surface area contributed by atoms with Crippen molar-refractivity contribution in [1.29, 1.82) is 0 Å². The van der Waals surface area contributed by atoms with Crippen molar-refractivity contribution in [2.45, 2.75) is 46.0 Å². The summed E-state index contributed by atoms with van der Waals surface area (Å²) in [5.41, 5.74) is 0.967. The molecule has 0 bridgehead atoms. The maximum Gasteiger partial charge on any atom is 0.338 e. The largest absolute Gasteiger partial charge is 0.478 e. The summed E-state index contributed by atoms with van der Waals surface area (Å²) < 4.78 is 5.22. The van der Waals surface area contributed by atoms with Gasteiger partial charge < -0.3 is 9.84 Å². The number of ether oxygens (including phenoxy) is 1. The molecule has 27 heavy (non-hydrogen) atoms. The van der Waals surface area contributed by atoms with Crippen LogP contribution in [-0.2, 0) is 4.74 Å². The Balaban J connectivity index is 0.000000337. The summed E-state index contributed by atoms with van der Waals surface area (Å²) in [5.74, 6) is -0.297. The minimum absolute atomic E-state index is 0.210. The fraction of sp³-hybridized carbons (Fsp3) is 0.391. The molecule has 0 aromatic heterocycles. The number of carboxylic acids is 1. The number of carbonyl (C=O) groups excluding carboxylic acids is 1. The molecule has 0 aliphatic heterocycles. The van der Waals surface area contributed by atoms with Crippen LogP contribution in [0.5, 0.6) is 0 Å². The van der Waals surface area contributed by atoms with Crippen LogP contribution < -0.4 is 0 Å². The van der Waals surface area contributed by atoms with E-state index < -0.39 is 5.97 Å². The van der Waals surface area contributed by atoms with E-state index >= 15 is 0 Å². The first kappa shape index (κ1) is 22.4. The van der Waals surface area contributed by atoms with Crippen molar-refractivity contribution < 1.29 is 19.4 Å². The molecule has 2 aromatic rings. The summed E-state index contributed by atoms with van der Waals surface area (Å²) in [6, 6.07) is 17.5. The van der Waals surface area contributed by atoms with Crippen molar-refractivity contribution in [2.24, 2.45) is 5.92 Å². The van der Waals surface area contributed by atoms with Crippen LogP contribution >= 0.6 is 0 Å². The fourth-order valence-corrected chi connectivity index (χ4v) is 2.41. The van der Waals surface area contributed by atoms with Crippen LogP contribution in [0.25, 0.3) is 0 Å². The van der Waals surface area contributed by atoms with E-state index in [0.717, 1.165) is 18.8 Å². The number of hydrogen-bond acceptors (Lipinski definition) is 3. The fourth-order valence-electron chi connectivity index (χ4n) is 2.41. The second-order valence-corrected chi connectivity index (χ2v) is 6.77. The molecule has 0 heterocycles. The molecule has 0 unspecified atom stereocenters. The zero-order valence-electron chi connectivity index (χ0n) is 16.3. The van der Waals surface area contributed by atoms with Crippen molar-refractivity contribution in [3.63, 3.8) is 0 Å². The van der Waals surface area contributed by atoms with Crippen LogP contribution in [0, 0.1) is 5.92 Å². The van der Waals surface area contributed by atoms with Gasteiger partial charge in [-0.25, -0.2) is 9.59 Å². The maximum atomic E-state index is 11.6. The Labute approximate surface area is 162 Å². The van der Waals surface area contributed by atoms with E-state index in [1.165, 1.54) is 19.3 Å². The molecule has 0 aliphatic carbocycles. The molecule has 146 valence electrons. The number of hydrogen-bond donors (Lipinski definition) is 1. The lowest BCUT2D eigenvalue weighted by atomic mass is 10.0. The minimum atomic E-state index is -0.879. The zero-order chi connectivity index (χ0) is 19.9. The van der Waals surface area contributed by atoms with Crippen LogP contribution in [0.1, 0.15) is 66.7 Å². The maximum absolute atomic E-state index is 11.6. The van der Waals surface area contributed by atoms with Gasteiger partial charge in [-0.2, -0.15) is 0 Å². The predicted molar refractivity (Wildman–Crippen MR) is 108 cm³/mol. The van der Waals surface area contributed by atoms with Crippen molar-refractivity contribution in [1.82, 2.24) is 0 Å². The standard InChI is InChI=1S/C16H24O2.C7H6O2/c1-14(2)10-6-3-4-9-13-18-16(17)15-11-7-5-8-12-15;8-7(9)6-4-2-1-3-5-6/h5,7-8,11-12,14H,3-4,6,9-10,13H2,1-2H3;1-5H,(H,8,9). The molecule has 1 N–H and O–H groups in total. The summed E-state index contributed by atoms with van der Waals surface area (Å²) >= 11 is 0. The van der Waals surface area contributed by atoms with Crippen molar-refractivity contribution in [2.75, 3.05) is 6.61 Å². The van der Waals surface area contributed by atoms with Gasteiger partial charge in [-0.15, -0.1) is 0 Å². The number of esters is 1. The molecule has 4 heteroatoms. The first-order valence-corrected chi connectivity index (χ1v) is 9.51. The van der Waals surface area contributed by atoms with E-state index in [1.54, 1.807) is 42.5 Å². The van der Waals surface area contributed by atoms with Gasteiger partial charge in [0.25, 0.3) is 0 Å². The summed E-state index contributed by atoms with van der Waals surface area (Å²) in [6.07, 6.45) is 5.93. The van der Waals surface area contributed by atoms with Gasteiger partial charge >= 0.3 is 11.9 Å². The van der Waals surface area contributed by atoms with Gasteiger partial charge in [-0.05, 0) is 36.6 Å². The first-order chi connectivity index (χ1) is 13.0. The second-order valence-electron chi connectivity index (χ2n) is 6.77. The zero-order valence-corrected chi connectivity index (χ0v) is 16.3. The summed E-state index contributed by atoms with van der Waals surface area (Å²) in [5, 5.41) is 8.38. The van der Waals surface area contributed by atoms with Gasteiger partial charge in [0.2, 0.25) is 0 Å². The summed E-state index contributed by atoms with van der Waals surface area (Å²) in [7, 11) is 0. The molecule has 0 radical (unpaired) electrons. The Kier molecular flexibility index (Phi) is 11.3. The molecule has 0 saturated heterocycles. The highest BCUT2D eigenvalue weighted by Crippen LogP contribution is 2.10. The average Bonchev–Trinajstić information content (AvgIpc) is 2.68. The molecule has 0 aliphatic rings. The average molecular weight is 370 g/mol. The SMILES string of the molecule is CC(C)CCCCCCOC(=O)c1ccccc1.O=C(O)c1ccccc1. The molecule has 0 spiro atoms. The van der Waals surface area contributed by atoms with Gasteiger partial charge in [0.1, 0.15) is 0 Å². The van der Waals surface area contributed by atoms with E-state index in [1.807, 2.05) is 18.2 Å². The number of rotatable bonds is 9. The number of carbonyl (C=O) groups is 2. The van der Waals surface area contributed by atoms with Crippen LogP contribution in [0.15, 0.2) is 60.7 Å². The van der Waals surface area contributed by atoms with E-state index in [-0.39, 0.29) is 5.97 Å².